The van der Waals surface area contributed by atoms with Crippen LogP contribution in [0, 0.1) is 6.92 Å². The van der Waals surface area contributed by atoms with Crippen molar-refractivity contribution in [3.05, 3.63) is 107 Å². The number of rotatable bonds is 11. The lowest BCUT2D eigenvalue weighted by molar-refractivity contribution is 0.372. The van der Waals surface area contributed by atoms with Gasteiger partial charge < -0.3 is 5.32 Å². The van der Waals surface area contributed by atoms with Crippen LogP contribution in [0.25, 0.3) is 0 Å². The van der Waals surface area contributed by atoms with Gasteiger partial charge in [-0.25, -0.2) is 0 Å². The Morgan fingerprint density at radius 2 is 1.32 bits per heavy atom. The summed E-state index contributed by atoms with van der Waals surface area (Å²) in [6, 6.07) is 31.2. The molecule has 0 unspecified atom stereocenters. The molecule has 2 atom stereocenters. The van der Waals surface area contributed by atoms with Crippen LogP contribution in [0.2, 0.25) is 0 Å². The van der Waals surface area contributed by atoms with Crippen molar-refractivity contribution >= 4 is 17.1 Å². The summed E-state index contributed by atoms with van der Waals surface area (Å²) in [5.74, 6) is 0.294. The van der Waals surface area contributed by atoms with Crippen molar-refractivity contribution in [2.24, 2.45) is 0 Å². The highest BCUT2D eigenvalue weighted by molar-refractivity contribution is 7.80. The van der Waals surface area contributed by atoms with Gasteiger partial charge >= 0.3 is 0 Å². The summed E-state index contributed by atoms with van der Waals surface area (Å²) in [7, 11) is 0. The minimum absolute atomic E-state index is 0.226. The molecule has 0 radical (unpaired) electrons. The van der Waals surface area contributed by atoms with Gasteiger partial charge in [0.15, 0.2) is 0 Å². The van der Waals surface area contributed by atoms with Gasteiger partial charge in [0, 0.05) is 24.4 Å². The highest BCUT2D eigenvalue weighted by Crippen LogP contribution is 2.35. The van der Waals surface area contributed by atoms with E-state index < -0.39 is 0 Å². The second-order valence-electron chi connectivity index (χ2n) is 8.49. The summed E-state index contributed by atoms with van der Waals surface area (Å²) in [5, 5.41) is 3.99. The third-order valence-corrected chi connectivity index (χ3v) is 6.47. The van der Waals surface area contributed by atoms with Gasteiger partial charge in [0.2, 0.25) is 0 Å². The molecular formula is C29H35NS. The molecule has 1 N–H and O–H groups in total. The van der Waals surface area contributed by atoms with Crippen LogP contribution in [0.3, 0.4) is 0 Å². The zero-order valence-corrected chi connectivity index (χ0v) is 19.9. The zero-order chi connectivity index (χ0) is 22.1. The SMILES string of the molecule is CCC(CC)N[C@H](c1ccccc1)[C@H](CC(=S)Cc1ccc(C)cc1)c1ccccc1. The summed E-state index contributed by atoms with van der Waals surface area (Å²) in [6.07, 6.45) is 3.98. The summed E-state index contributed by atoms with van der Waals surface area (Å²) >= 11 is 5.96. The first-order valence-electron chi connectivity index (χ1n) is 11.5. The molecule has 31 heavy (non-hydrogen) atoms. The van der Waals surface area contributed by atoms with Crippen molar-refractivity contribution < 1.29 is 0 Å². The molecule has 0 aromatic heterocycles. The van der Waals surface area contributed by atoms with E-state index in [2.05, 4.69) is 111 Å². The average Bonchev–Trinajstić information content (AvgIpc) is 2.81. The lowest BCUT2D eigenvalue weighted by Gasteiger charge is -2.33. The first kappa shape index (κ1) is 23.4. The molecule has 0 heterocycles. The van der Waals surface area contributed by atoms with E-state index in [4.69, 9.17) is 12.2 Å². The number of benzene rings is 3. The first-order valence-corrected chi connectivity index (χ1v) is 11.9. The lowest BCUT2D eigenvalue weighted by Crippen LogP contribution is -2.36. The lowest BCUT2D eigenvalue weighted by atomic mass is 9.82. The van der Waals surface area contributed by atoms with Crippen LogP contribution >= 0.6 is 12.2 Å². The fourth-order valence-corrected chi connectivity index (χ4v) is 4.61. The van der Waals surface area contributed by atoms with Gasteiger partial charge in [0.05, 0.1) is 0 Å². The Morgan fingerprint density at radius 1 is 0.774 bits per heavy atom. The molecule has 162 valence electrons. The molecule has 0 aliphatic rings. The summed E-state index contributed by atoms with van der Waals surface area (Å²) in [5.41, 5.74) is 5.27. The van der Waals surface area contributed by atoms with Gasteiger partial charge in [-0.05, 0) is 47.7 Å². The zero-order valence-electron chi connectivity index (χ0n) is 19.1. The maximum absolute atomic E-state index is 5.96. The molecule has 0 saturated heterocycles. The van der Waals surface area contributed by atoms with Crippen LogP contribution in [-0.2, 0) is 6.42 Å². The number of hydrogen-bond donors (Lipinski definition) is 1. The molecule has 0 bridgehead atoms. The van der Waals surface area contributed by atoms with Gasteiger partial charge in [0.1, 0.15) is 0 Å². The van der Waals surface area contributed by atoms with Crippen LogP contribution < -0.4 is 5.32 Å². The number of aryl methyl sites for hydroxylation is 1. The molecular weight excluding hydrogens is 394 g/mol. The molecule has 0 fully saturated rings. The van der Waals surface area contributed by atoms with E-state index in [9.17, 15) is 0 Å². The Morgan fingerprint density at radius 3 is 1.87 bits per heavy atom. The molecule has 3 rings (SSSR count). The molecule has 3 aromatic rings. The second kappa shape index (κ2) is 11.9. The van der Waals surface area contributed by atoms with E-state index in [1.54, 1.807) is 0 Å². The Labute approximate surface area is 193 Å². The Balaban J connectivity index is 1.91. The van der Waals surface area contributed by atoms with Crippen molar-refractivity contribution in [3.63, 3.8) is 0 Å². The van der Waals surface area contributed by atoms with E-state index in [1.807, 2.05) is 0 Å². The number of nitrogens with one attached hydrogen (secondary N) is 1. The van der Waals surface area contributed by atoms with Crippen LogP contribution in [0.4, 0.5) is 0 Å². The predicted molar refractivity (Wildman–Crippen MR) is 138 cm³/mol. The van der Waals surface area contributed by atoms with Crippen molar-refractivity contribution in [1.82, 2.24) is 5.32 Å². The molecule has 2 heteroatoms. The van der Waals surface area contributed by atoms with Crippen LogP contribution in [0.5, 0.6) is 0 Å². The van der Waals surface area contributed by atoms with Crippen molar-refractivity contribution in [2.45, 2.75) is 64.5 Å². The Kier molecular flexibility index (Phi) is 8.99. The van der Waals surface area contributed by atoms with Crippen LogP contribution in [0.15, 0.2) is 84.9 Å². The molecule has 3 aromatic carbocycles. The minimum Gasteiger partial charge on any atom is -0.307 e. The molecule has 1 nitrogen and oxygen atoms in total. The van der Waals surface area contributed by atoms with Gasteiger partial charge in [-0.15, -0.1) is 0 Å². The largest absolute Gasteiger partial charge is 0.307 e. The fraction of sp³-hybridized carbons (Fsp3) is 0.345. The highest BCUT2D eigenvalue weighted by Gasteiger charge is 2.27. The molecule has 0 spiro atoms. The number of hydrogen-bond acceptors (Lipinski definition) is 2. The highest BCUT2D eigenvalue weighted by atomic mass is 32.1. The molecule has 0 amide bonds. The van der Waals surface area contributed by atoms with E-state index >= 15 is 0 Å². The third kappa shape index (κ3) is 6.85. The summed E-state index contributed by atoms with van der Waals surface area (Å²) < 4.78 is 0. The normalized spacial score (nSPS) is 13.2. The van der Waals surface area contributed by atoms with Gasteiger partial charge in [-0.3, -0.25) is 0 Å². The second-order valence-corrected chi connectivity index (χ2v) is 9.07. The first-order chi connectivity index (χ1) is 15.1. The summed E-state index contributed by atoms with van der Waals surface area (Å²) in [6.45, 7) is 6.66. The number of thiocarbonyl (C=S) groups is 1. The van der Waals surface area contributed by atoms with Crippen molar-refractivity contribution in [1.29, 1.82) is 0 Å². The van der Waals surface area contributed by atoms with Crippen LogP contribution in [0.1, 0.15) is 67.3 Å². The standard InChI is InChI=1S/C29H35NS/c1-4-26(5-2)30-29(25-14-10-7-11-15-25)28(24-12-8-6-9-13-24)21-27(31)20-23-18-16-22(3)17-19-23/h6-19,26,28-30H,4-5,20-21H2,1-3H3/t28-,29-/m1/s1. The smallest absolute Gasteiger partial charge is 0.0395 e. The molecule has 0 saturated carbocycles. The molecule has 0 aliphatic heterocycles. The fourth-order valence-electron chi connectivity index (χ4n) is 4.26. The topological polar surface area (TPSA) is 12.0 Å². The van der Waals surface area contributed by atoms with Crippen molar-refractivity contribution in [2.75, 3.05) is 0 Å². The maximum Gasteiger partial charge on any atom is 0.0395 e. The van der Waals surface area contributed by atoms with E-state index in [0.29, 0.717) is 12.0 Å². The predicted octanol–water partition coefficient (Wildman–Crippen LogP) is 7.60. The summed E-state index contributed by atoms with van der Waals surface area (Å²) in [4.78, 5) is 1.12. The van der Waals surface area contributed by atoms with Crippen molar-refractivity contribution in [3.8, 4) is 0 Å². The van der Waals surface area contributed by atoms with E-state index in [-0.39, 0.29) is 6.04 Å². The van der Waals surface area contributed by atoms with Gasteiger partial charge in [0.25, 0.3) is 0 Å². The van der Waals surface area contributed by atoms with E-state index in [0.717, 1.165) is 30.5 Å². The Hall–Kier alpha value is -2.29. The average molecular weight is 430 g/mol. The minimum atomic E-state index is 0.226. The van der Waals surface area contributed by atoms with Crippen LogP contribution in [-0.4, -0.2) is 10.9 Å². The quantitative estimate of drug-likeness (QED) is 0.315. The van der Waals surface area contributed by atoms with Gasteiger partial charge in [-0.1, -0.05) is 117 Å². The van der Waals surface area contributed by atoms with E-state index in [1.165, 1.54) is 22.3 Å². The third-order valence-electron chi connectivity index (χ3n) is 6.16. The monoisotopic (exact) mass is 429 g/mol. The maximum atomic E-state index is 5.96. The van der Waals surface area contributed by atoms with Gasteiger partial charge in [-0.2, -0.15) is 0 Å². The Bertz CT molecular complexity index is 914. The molecule has 0 aliphatic carbocycles.